The number of ether oxygens (including phenoxy) is 1. The highest BCUT2D eigenvalue weighted by Gasteiger charge is 2.22. The Labute approximate surface area is 146 Å². The highest BCUT2D eigenvalue weighted by Crippen LogP contribution is 2.17. The van der Waals surface area contributed by atoms with Crippen LogP contribution in [0.3, 0.4) is 0 Å². The molecule has 1 rings (SSSR count). The number of thioether (sulfide) groups is 1. The molecule has 1 aliphatic rings. The summed E-state index contributed by atoms with van der Waals surface area (Å²) in [5.41, 5.74) is -0.376. The lowest BCUT2D eigenvalue weighted by Gasteiger charge is -2.23. The predicted octanol–water partition coefficient (Wildman–Crippen LogP) is 0.462. The van der Waals surface area contributed by atoms with E-state index in [4.69, 9.17) is 4.74 Å². The molecular weight excluding hydrogens is 334 g/mol. The summed E-state index contributed by atoms with van der Waals surface area (Å²) in [5, 5.41) is 2.71. The summed E-state index contributed by atoms with van der Waals surface area (Å²) >= 11 is 1.22. The summed E-state index contributed by atoms with van der Waals surface area (Å²) in [6, 6.07) is 0. The van der Waals surface area contributed by atoms with Crippen molar-refractivity contribution in [3.8, 4) is 0 Å². The number of hydrogen-bond donors (Lipinski definition) is 1. The Bertz CT molecular complexity index is 504. The van der Waals surface area contributed by atoms with Gasteiger partial charge < -0.3 is 19.9 Å². The van der Waals surface area contributed by atoms with Crippen LogP contribution < -0.4 is 5.32 Å². The molecule has 0 spiro atoms. The molecule has 0 aliphatic carbocycles. The molecule has 0 atom stereocenters. The molecule has 0 unspecified atom stereocenters. The van der Waals surface area contributed by atoms with Crippen molar-refractivity contribution in [2.45, 2.75) is 32.7 Å². The number of nitrogens with one attached hydrogen (secondary N) is 1. The first-order valence-electron chi connectivity index (χ1n) is 7.71. The number of likely N-dealkylation sites (N-methyl/N-ethyl adjacent to an activating group) is 1. The summed E-state index contributed by atoms with van der Waals surface area (Å²) in [4.78, 5) is 49.4. The van der Waals surface area contributed by atoms with Crippen molar-refractivity contribution in [2.75, 3.05) is 39.0 Å². The van der Waals surface area contributed by atoms with Gasteiger partial charge in [-0.1, -0.05) is 11.8 Å². The minimum Gasteiger partial charge on any atom is -0.456 e. The van der Waals surface area contributed by atoms with Gasteiger partial charge in [0.2, 0.25) is 5.91 Å². The van der Waals surface area contributed by atoms with Crippen LogP contribution >= 0.6 is 11.8 Å². The van der Waals surface area contributed by atoms with Gasteiger partial charge in [0.25, 0.3) is 11.1 Å². The van der Waals surface area contributed by atoms with E-state index in [9.17, 15) is 19.2 Å². The van der Waals surface area contributed by atoms with Gasteiger partial charge in [0.1, 0.15) is 0 Å². The maximum absolute atomic E-state index is 11.9. The number of esters is 1. The van der Waals surface area contributed by atoms with Crippen molar-refractivity contribution in [3.63, 3.8) is 0 Å². The van der Waals surface area contributed by atoms with Crippen molar-refractivity contribution in [1.29, 1.82) is 0 Å². The molecule has 1 N–H and O–H groups in total. The zero-order valence-corrected chi connectivity index (χ0v) is 15.4. The Morgan fingerprint density at radius 3 is 2.54 bits per heavy atom. The maximum Gasteiger partial charge on any atom is 0.308 e. The Balaban J connectivity index is 2.25. The highest BCUT2D eigenvalue weighted by molar-refractivity contribution is 8.13. The monoisotopic (exact) mass is 359 g/mol. The fourth-order valence-electron chi connectivity index (χ4n) is 1.94. The molecule has 136 valence electrons. The third-order valence-electron chi connectivity index (χ3n) is 3.11. The van der Waals surface area contributed by atoms with Crippen LogP contribution in [0, 0.1) is 0 Å². The van der Waals surface area contributed by atoms with Gasteiger partial charge in [0, 0.05) is 31.4 Å². The van der Waals surface area contributed by atoms with E-state index < -0.39 is 18.5 Å². The standard InChI is InChI=1S/C15H25N3O5S/c1-15(2,3)16-11(19)9-17(4)12(20)10-23-13(21)5-6-18-7-8-24-14(18)22/h5-10H2,1-4H3,(H,16,19). The quantitative estimate of drug-likeness (QED) is 0.664. The van der Waals surface area contributed by atoms with Crippen molar-refractivity contribution >= 4 is 34.8 Å². The van der Waals surface area contributed by atoms with Crippen LogP contribution in [0.4, 0.5) is 4.79 Å². The van der Waals surface area contributed by atoms with Crippen LogP contribution in [0.15, 0.2) is 0 Å². The van der Waals surface area contributed by atoms with Gasteiger partial charge in [0.05, 0.1) is 13.0 Å². The predicted molar refractivity (Wildman–Crippen MR) is 90.5 cm³/mol. The fourth-order valence-corrected chi connectivity index (χ4v) is 2.79. The Morgan fingerprint density at radius 1 is 1.33 bits per heavy atom. The van der Waals surface area contributed by atoms with Gasteiger partial charge in [-0.15, -0.1) is 0 Å². The summed E-state index contributed by atoms with van der Waals surface area (Å²) in [7, 11) is 1.47. The van der Waals surface area contributed by atoms with E-state index in [2.05, 4.69) is 5.32 Å². The van der Waals surface area contributed by atoms with Crippen LogP contribution in [0.2, 0.25) is 0 Å². The van der Waals surface area contributed by atoms with Gasteiger partial charge in [-0.05, 0) is 20.8 Å². The molecule has 1 aliphatic heterocycles. The molecule has 0 bridgehead atoms. The lowest BCUT2D eigenvalue weighted by Crippen LogP contribution is -2.46. The van der Waals surface area contributed by atoms with Crippen molar-refractivity contribution < 1.29 is 23.9 Å². The second-order valence-corrected chi connectivity index (χ2v) is 7.61. The molecule has 1 heterocycles. The van der Waals surface area contributed by atoms with E-state index in [-0.39, 0.29) is 29.7 Å². The van der Waals surface area contributed by atoms with Crippen molar-refractivity contribution in [3.05, 3.63) is 0 Å². The average Bonchev–Trinajstić information content (AvgIpc) is 2.85. The first kappa shape index (κ1) is 20.3. The van der Waals surface area contributed by atoms with Crippen LogP contribution in [0.1, 0.15) is 27.2 Å². The molecule has 0 aromatic rings. The minimum atomic E-state index is -0.541. The molecule has 0 radical (unpaired) electrons. The molecule has 3 amide bonds. The molecule has 0 aromatic carbocycles. The normalized spacial score (nSPS) is 14.5. The number of rotatable bonds is 7. The van der Waals surface area contributed by atoms with Gasteiger partial charge in [-0.3, -0.25) is 19.2 Å². The van der Waals surface area contributed by atoms with Crippen LogP contribution in [-0.4, -0.2) is 77.4 Å². The van der Waals surface area contributed by atoms with Gasteiger partial charge in [-0.25, -0.2) is 0 Å². The number of carbonyl (C=O) groups is 4. The molecule has 24 heavy (non-hydrogen) atoms. The van der Waals surface area contributed by atoms with Crippen molar-refractivity contribution in [1.82, 2.24) is 15.1 Å². The zero-order chi connectivity index (χ0) is 18.3. The molecular formula is C15H25N3O5S. The van der Waals surface area contributed by atoms with Crippen LogP contribution in [0.5, 0.6) is 0 Å². The summed E-state index contributed by atoms with van der Waals surface area (Å²) in [5.74, 6) is -0.552. The smallest absolute Gasteiger partial charge is 0.308 e. The third kappa shape index (κ3) is 7.67. The average molecular weight is 359 g/mol. The van der Waals surface area contributed by atoms with E-state index in [1.165, 1.54) is 23.7 Å². The van der Waals surface area contributed by atoms with Gasteiger partial charge in [-0.2, -0.15) is 0 Å². The lowest BCUT2D eigenvalue weighted by molar-refractivity contribution is -0.152. The molecule has 0 aromatic heterocycles. The largest absolute Gasteiger partial charge is 0.456 e. The number of hydrogen-bond acceptors (Lipinski definition) is 6. The van der Waals surface area contributed by atoms with E-state index >= 15 is 0 Å². The van der Waals surface area contributed by atoms with E-state index in [1.807, 2.05) is 20.8 Å². The minimum absolute atomic E-state index is 0.0385. The first-order chi connectivity index (χ1) is 11.1. The molecule has 1 saturated heterocycles. The first-order valence-corrected chi connectivity index (χ1v) is 8.69. The maximum atomic E-state index is 11.9. The second-order valence-electron chi connectivity index (χ2n) is 6.56. The Morgan fingerprint density at radius 2 is 2.00 bits per heavy atom. The van der Waals surface area contributed by atoms with E-state index in [0.717, 1.165) is 5.75 Å². The lowest BCUT2D eigenvalue weighted by atomic mass is 10.1. The third-order valence-corrected chi connectivity index (χ3v) is 4.00. The SMILES string of the molecule is CN(CC(=O)NC(C)(C)C)C(=O)COC(=O)CCN1CCSC1=O. The zero-order valence-electron chi connectivity index (χ0n) is 14.6. The summed E-state index contributed by atoms with van der Waals surface area (Å²) < 4.78 is 4.90. The molecule has 9 heteroatoms. The Hall–Kier alpha value is -1.77. The second kappa shape index (κ2) is 8.91. The Kier molecular flexibility index (Phi) is 7.53. The van der Waals surface area contributed by atoms with Gasteiger partial charge >= 0.3 is 5.97 Å². The van der Waals surface area contributed by atoms with Gasteiger partial charge in [0.15, 0.2) is 6.61 Å². The number of nitrogens with zero attached hydrogens (tertiary/aromatic N) is 2. The summed E-state index contributed by atoms with van der Waals surface area (Å²) in [6.45, 7) is 5.94. The topological polar surface area (TPSA) is 96.0 Å². The van der Waals surface area contributed by atoms with E-state index in [0.29, 0.717) is 13.1 Å². The van der Waals surface area contributed by atoms with Crippen LogP contribution in [0.25, 0.3) is 0 Å². The van der Waals surface area contributed by atoms with Crippen LogP contribution in [-0.2, 0) is 19.1 Å². The molecule has 1 fully saturated rings. The number of amides is 3. The highest BCUT2D eigenvalue weighted by atomic mass is 32.2. The summed E-state index contributed by atoms with van der Waals surface area (Å²) in [6.07, 6.45) is 0.0494. The molecule has 0 saturated carbocycles. The van der Waals surface area contributed by atoms with Crippen molar-refractivity contribution in [2.24, 2.45) is 0 Å². The fraction of sp³-hybridized carbons (Fsp3) is 0.733. The van der Waals surface area contributed by atoms with E-state index in [1.54, 1.807) is 4.90 Å². The number of carbonyl (C=O) groups excluding carboxylic acids is 4. The molecule has 8 nitrogen and oxygen atoms in total.